The second-order valence-electron chi connectivity index (χ2n) is 7.49. The number of nitrogens with zero attached hydrogens (tertiary/aromatic N) is 1. The predicted octanol–water partition coefficient (Wildman–Crippen LogP) is 5.37. The van der Waals surface area contributed by atoms with Gasteiger partial charge in [-0.2, -0.15) is 0 Å². The number of rotatable bonds is 11. The minimum absolute atomic E-state index is 0. The van der Waals surface area contributed by atoms with E-state index < -0.39 is 0 Å². The third-order valence-electron chi connectivity index (χ3n) is 5.66. The van der Waals surface area contributed by atoms with E-state index in [0.717, 1.165) is 50.1 Å². The molecule has 0 saturated carbocycles. The van der Waals surface area contributed by atoms with E-state index >= 15 is 0 Å². The van der Waals surface area contributed by atoms with Crippen LogP contribution in [0.3, 0.4) is 0 Å². The molecule has 6 heteroatoms. The molecule has 0 bridgehead atoms. The van der Waals surface area contributed by atoms with Gasteiger partial charge in [0.2, 0.25) is 0 Å². The predicted molar refractivity (Wildman–Crippen MR) is 124 cm³/mol. The van der Waals surface area contributed by atoms with Crippen molar-refractivity contribution in [3.05, 3.63) is 23.3 Å². The molecular weight excluding hydrogens is 395 g/mol. The second-order valence-corrected chi connectivity index (χ2v) is 7.49. The summed E-state index contributed by atoms with van der Waals surface area (Å²) in [4.78, 5) is 2.56. The minimum Gasteiger partial charge on any atom is -0.493 e. The standard InChI is InChI=1S/C22H38N2O2.2ClH/c1-5-7-8-9-10-21(23)24(15-6-2)18-12-13-19-17(16-18)11-14-20(25-3)22(19)26-4;;/h11,14,18,21H,5-10,12-13,15-16,23H2,1-4H3;2*1H. The van der Waals surface area contributed by atoms with Gasteiger partial charge in [-0.05, 0) is 50.3 Å². The molecule has 0 aromatic heterocycles. The van der Waals surface area contributed by atoms with Gasteiger partial charge < -0.3 is 15.2 Å². The zero-order chi connectivity index (χ0) is 18.9. The molecule has 0 fully saturated rings. The van der Waals surface area contributed by atoms with Gasteiger partial charge >= 0.3 is 0 Å². The summed E-state index contributed by atoms with van der Waals surface area (Å²) in [5, 5.41) is 0. The first kappa shape index (κ1) is 27.3. The molecule has 2 rings (SSSR count). The minimum atomic E-state index is 0. The summed E-state index contributed by atoms with van der Waals surface area (Å²) in [6.45, 7) is 5.59. The van der Waals surface area contributed by atoms with Crippen molar-refractivity contribution in [3.8, 4) is 11.5 Å². The third kappa shape index (κ3) is 6.98. The van der Waals surface area contributed by atoms with E-state index in [2.05, 4.69) is 24.8 Å². The van der Waals surface area contributed by atoms with Gasteiger partial charge in [-0.25, -0.2) is 0 Å². The molecule has 1 aromatic carbocycles. The normalized spacial score (nSPS) is 16.6. The number of methoxy groups -OCH3 is 2. The van der Waals surface area contributed by atoms with Gasteiger partial charge in [-0.3, -0.25) is 4.90 Å². The van der Waals surface area contributed by atoms with Gasteiger partial charge in [-0.1, -0.05) is 45.6 Å². The molecule has 0 amide bonds. The fourth-order valence-electron chi connectivity index (χ4n) is 4.27. The summed E-state index contributed by atoms with van der Waals surface area (Å²) in [5.41, 5.74) is 9.32. The maximum Gasteiger partial charge on any atom is 0.164 e. The van der Waals surface area contributed by atoms with E-state index in [0.29, 0.717) is 6.04 Å². The zero-order valence-electron chi connectivity index (χ0n) is 18.0. The van der Waals surface area contributed by atoms with Gasteiger partial charge in [0.15, 0.2) is 11.5 Å². The Balaban J connectivity index is 0.00000364. The molecule has 0 spiro atoms. The van der Waals surface area contributed by atoms with Crippen molar-refractivity contribution in [1.82, 2.24) is 4.90 Å². The number of ether oxygens (including phenoxy) is 2. The molecular formula is C22H40Cl2N2O2. The summed E-state index contributed by atoms with van der Waals surface area (Å²) >= 11 is 0. The van der Waals surface area contributed by atoms with Gasteiger partial charge in [0.25, 0.3) is 0 Å². The van der Waals surface area contributed by atoms with Gasteiger partial charge in [0.1, 0.15) is 0 Å². The lowest BCUT2D eigenvalue weighted by Gasteiger charge is -2.39. The molecule has 1 aliphatic rings. The van der Waals surface area contributed by atoms with Gasteiger partial charge in [-0.15, -0.1) is 24.8 Å². The van der Waals surface area contributed by atoms with Gasteiger partial charge in [0, 0.05) is 11.6 Å². The number of fused-ring (bicyclic) bond motifs is 1. The van der Waals surface area contributed by atoms with Crippen LogP contribution in [0.5, 0.6) is 11.5 Å². The molecule has 1 aliphatic carbocycles. The Hall–Kier alpha value is -0.680. The van der Waals surface area contributed by atoms with Crippen LogP contribution in [0.4, 0.5) is 0 Å². The molecule has 0 heterocycles. The summed E-state index contributed by atoms with van der Waals surface area (Å²) in [5.74, 6) is 1.75. The number of unbranched alkanes of at least 4 members (excludes halogenated alkanes) is 3. The Bertz CT molecular complexity index is 558. The second kappa shape index (κ2) is 14.3. The van der Waals surface area contributed by atoms with Crippen molar-refractivity contribution >= 4 is 24.8 Å². The molecule has 2 N–H and O–H groups in total. The van der Waals surface area contributed by atoms with E-state index in [1.54, 1.807) is 14.2 Å². The highest BCUT2D eigenvalue weighted by atomic mass is 35.5. The Morgan fingerprint density at radius 3 is 2.43 bits per heavy atom. The average molecular weight is 435 g/mol. The van der Waals surface area contributed by atoms with E-state index in [1.165, 1.54) is 36.8 Å². The van der Waals surface area contributed by atoms with Crippen molar-refractivity contribution in [2.45, 2.75) is 83.8 Å². The maximum absolute atomic E-state index is 6.62. The molecule has 164 valence electrons. The van der Waals surface area contributed by atoms with Crippen LogP contribution >= 0.6 is 24.8 Å². The molecule has 0 radical (unpaired) electrons. The summed E-state index contributed by atoms with van der Waals surface area (Å²) in [6.07, 6.45) is 10.8. The lowest BCUT2D eigenvalue weighted by atomic mass is 9.86. The van der Waals surface area contributed by atoms with E-state index in [-0.39, 0.29) is 31.0 Å². The summed E-state index contributed by atoms with van der Waals surface area (Å²) in [7, 11) is 3.44. The number of hydrogen-bond donors (Lipinski definition) is 1. The van der Waals surface area contributed by atoms with E-state index in [4.69, 9.17) is 15.2 Å². The van der Waals surface area contributed by atoms with Crippen molar-refractivity contribution in [1.29, 1.82) is 0 Å². The van der Waals surface area contributed by atoms with Crippen molar-refractivity contribution < 1.29 is 9.47 Å². The Kier molecular flexibility index (Phi) is 14.0. The van der Waals surface area contributed by atoms with Crippen LogP contribution in [-0.2, 0) is 12.8 Å². The number of hydrogen-bond acceptors (Lipinski definition) is 4. The highest BCUT2D eigenvalue weighted by Gasteiger charge is 2.29. The molecule has 0 aliphatic heterocycles. The number of halogens is 2. The molecule has 1 aromatic rings. The lowest BCUT2D eigenvalue weighted by Crippen LogP contribution is -2.50. The Morgan fingerprint density at radius 1 is 1.07 bits per heavy atom. The van der Waals surface area contributed by atoms with Crippen LogP contribution in [-0.4, -0.2) is 37.9 Å². The Labute approximate surface area is 184 Å². The van der Waals surface area contributed by atoms with E-state index in [1.807, 2.05) is 6.07 Å². The molecule has 28 heavy (non-hydrogen) atoms. The first-order chi connectivity index (χ1) is 12.7. The molecule has 2 unspecified atom stereocenters. The van der Waals surface area contributed by atoms with Crippen LogP contribution in [0.25, 0.3) is 0 Å². The van der Waals surface area contributed by atoms with Crippen molar-refractivity contribution in [2.24, 2.45) is 5.73 Å². The zero-order valence-corrected chi connectivity index (χ0v) is 19.7. The Morgan fingerprint density at radius 2 is 1.82 bits per heavy atom. The monoisotopic (exact) mass is 434 g/mol. The average Bonchev–Trinajstić information content (AvgIpc) is 2.67. The fourth-order valence-corrected chi connectivity index (χ4v) is 4.27. The third-order valence-corrected chi connectivity index (χ3v) is 5.66. The topological polar surface area (TPSA) is 47.7 Å². The summed E-state index contributed by atoms with van der Waals surface area (Å²) < 4.78 is 11.1. The highest BCUT2D eigenvalue weighted by molar-refractivity contribution is 5.85. The van der Waals surface area contributed by atoms with Crippen LogP contribution in [0.1, 0.15) is 69.9 Å². The van der Waals surface area contributed by atoms with E-state index in [9.17, 15) is 0 Å². The maximum atomic E-state index is 6.62. The van der Waals surface area contributed by atoms with Crippen LogP contribution in [0, 0.1) is 0 Å². The first-order valence-electron chi connectivity index (χ1n) is 10.4. The van der Waals surface area contributed by atoms with Crippen LogP contribution < -0.4 is 15.2 Å². The van der Waals surface area contributed by atoms with Crippen LogP contribution in [0.2, 0.25) is 0 Å². The summed E-state index contributed by atoms with van der Waals surface area (Å²) in [6, 6.07) is 4.77. The molecule has 0 saturated heterocycles. The fraction of sp³-hybridized carbons (Fsp3) is 0.727. The van der Waals surface area contributed by atoms with Crippen LogP contribution in [0.15, 0.2) is 12.1 Å². The quantitative estimate of drug-likeness (QED) is 0.375. The number of benzene rings is 1. The first-order valence-corrected chi connectivity index (χ1v) is 10.4. The van der Waals surface area contributed by atoms with Gasteiger partial charge in [0.05, 0.1) is 20.4 Å². The number of nitrogens with two attached hydrogens (primary N) is 1. The smallest absolute Gasteiger partial charge is 0.164 e. The SMILES string of the molecule is CCCCCCC(N)N(CCC)C1CCc2c(ccc(OC)c2OC)C1.Cl.Cl. The molecule has 4 nitrogen and oxygen atoms in total. The molecule has 2 atom stereocenters. The highest BCUT2D eigenvalue weighted by Crippen LogP contribution is 2.38. The lowest BCUT2D eigenvalue weighted by molar-refractivity contribution is 0.115. The van der Waals surface area contributed by atoms with Crippen molar-refractivity contribution in [2.75, 3.05) is 20.8 Å². The largest absolute Gasteiger partial charge is 0.493 e. The van der Waals surface area contributed by atoms with Crippen molar-refractivity contribution in [3.63, 3.8) is 0 Å².